The third-order valence-corrected chi connectivity index (χ3v) is 7.08. The van der Waals surface area contributed by atoms with Crippen LogP contribution in [0.4, 0.5) is 5.69 Å². The molecule has 0 aliphatic carbocycles. The van der Waals surface area contributed by atoms with Crippen LogP contribution >= 0.6 is 11.6 Å². The normalized spacial score (nSPS) is 11.9. The molecule has 1 N–H and O–H groups in total. The van der Waals surface area contributed by atoms with Gasteiger partial charge in [-0.2, -0.15) is 0 Å². The molecule has 3 aromatic carbocycles. The molecule has 0 spiro atoms. The SMILES string of the molecule is CS(=O)(=O)c1ccc(Cl)c(S(=O)(=O)Nc2ccccc2Cc2ccccc2)c1. The highest BCUT2D eigenvalue weighted by Crippen LogP contribution is 2.28. The van der Waals surface area contributed by atoms with Gasteiger partial charge in [0.1, 0.15) is 4.90 Å². The summed E-state index contributed by atoms with van der Waals surface area (Å²) in [5, 5.41) is -0.0551. The largest absolute Gasteiger partial charge is 0.279 e. The Labute approximate surface area is 170 Å². The van der Waals surface area contributed by atoms with Crippen molar-refractivity contribution >= 4 is 37.1 Å². The summed E-state index contributed by atoms with van der Waals surface area (Å²) in [5.74, 6) is 0. The highest BCUT2D eigenvalue weighted by atomic mass is 35.5. The second kappa shape index (κ2) is 7.95. The van der Waals surface area contributed by atoms with Crippen LogP contribution in [0.3, 0.4) is 0 Å². The van der Waals surface area contributed by atoms with Gasteiger partial charge in [0.25, 0.3) is 10.0 Å². The zero-order chi connectivity index (χ0) is 20.4. The molecule has 3 aromatic rings. The maximum atomic E-state index is 12.9. The minimum atomic E-state index is -4.09. The molecule has 0 aliphatic rings. The lowest BCUT2D eigenvalue weighted by Gasteiger charge is -2.14. The van der Waals surface area contributed by atoms with E-state index < -0.39 is 19.9 Å². The molecule has 8 heteroatoms. The fourth-order valence-electron chi connectivity index (χ4n) is 2.71. The second-order valence-electron chi connectivity index (χ2n) is 6.29. The van der Waals surface area contributed by atoms with E-state index in [9.17, 15) is 16.8 Å². The molecule has 0 saturated heterocycles. The molecule has 0 unspecified atom stereocenters. The van der Waals surface area contributed by atoms with Gasteiger partial charge in [0.05, 0.1) is 15.6 Å². The Bertz CT molecular complexity index is 1210. The first-order chi connectivity index (χ1) is 13.2. The lowest BCUT2D eigenvalue weighted by molar-refractivity contribution is 0.599. The Balaban J connectivity index is 1.98. The fraction of sp³-hybridized carbons (Fsp3) is 0.100. The first-order valence-corrected chi connectivity index (χ1v) is 12.1. The number of sulfone groups is 1. The molecule has 146 valence electrons. The van der Waals surface area contributed by atoms with E-state index in [2.05, 4.69) is 4.72 Å². The monoisotopic (exact) mass is 435 g/mol. The third kappa shape index (κ3) is 4.73. The summed E-state index contributed by atoms with van der Waals surface area (Å²) in [6, 6.07) is 20.3. The van der Waals surface area contributed by atoms with Gasteiger partial charge >= 0.3 is 0 Å². The van der Waals surface area contributed by atoms with Gasteiger partial charge in [0, 0.05) is 6.26 Å². The Kier molecular flexibility index (Phi) is 5.79. The minimum Gasteiger partial charge on any atom is -0.279 e. The van der Waals surface area contributed by atoms with E-state index >= 15 is 0 Å². The van der Waals surface area contributed by atoms with Crippen LogP contribution in [0.15, 0.2) is 82.6 Å². The molecule has 3 rings (SSSR count). The van der Waals surface area contributed by atoms with Crippen molar-refractivity contribution in [2.24, 2.45) is 0 Å². The first-order valence-electron chi connectivity index (χ1n) is 8.31. The summed E-state index contributed by atoms with van der Waals surface area (Å²) >= 11 is 6.05. The van der Waals surface area contributed by atoms with Crippen LogP contribution in [-0.2, 0) is 26.3 Å². The molecule has 0 heterocycles. The molecule has 0 bridgehead atoms. The number of rotatable bonds is 6. The van der Waals surface area contributed by atoms with Crippen LogP contribution in [0.25, 0.3) is 0 Å². The number of sulfonamides is 1. The van der Waals surface area contributed by atoms with Crippen LogP contribution < -0.4 is 4.72 Å². The fourth-order valence-corrected chi connectivity index (χ4v) is 5.06. The van der Waals surface area contributed by atoms with Gasteiger partial charge in [0.2, 0.25) is 0 Å². The predicted octanol–water partition coefficient (Wildman–Crippen LogP) is 4.14. The van der Waals surface area contributed by atoms with Crippen molar-refractivity contribution in [3.8, 4) is 0 Å². The number of hydrogen-bond donors (Lipinski definition) is 1. The topological polar surface area (TPSA) is 80.3 Å². The number of para-hydroxylation sites is 1. The predicted molar refractivity (Wildman–Crippen MR) is 111 cm³/mol. The summed E-state index contributed by atoms with van der Waals surface area (Å²) in [7, 11) is -7.66. The molecule has 0 aliphatic heterocycles. The number of benzene rings is 3. The van der Waals surface area contributed by atoms with E-state index in [0.29, 0.717) is 12.1 Å². The van der Waals surface area contributed by atoms with Gasteiger partial charge in [-0.15, -0.1) is 0 Å². The highest BCUT2D eigenvalue weighted by molar-refractivity contribution is 7.93. The molecule has 0 radical (unpaired) electrons. The second-order valence-corrected chi connectivity index (χ2v) is 10.4. The molecule has 5 nitrogen and oxygen atoms in total. The van der Waals surface area contributed by atoms with E-state index in [1.54, 1.807) is 12.1 Å². The molecule has 28 heavy (non-hydrogen) atoms. The summed E-state index contributed by atoms with van der Waals surface area (Å²) in [4.78, 5) is -0.401. The van der Waals surface area contributed by atoms with Crippen molar-refractivity contribution in [3.05, 3.63) is 88.9 Å². The first kappa shape index (κ1) is 20.4. The van der Waals surface area contributed by atoms with Gasteiger partial charge in [0.15, 0.2) is 9.84 Å². The smallest absolute Gasteiger partial charge is 0.263 e. The van der Waals surface area contributed by atoms with Crippen LogP contribution in [0.1, 0.15) is 11.1 Å². The van der Waals surface area contributed by atoms with Crippen molar-refractivity contribution < 1.29 is 16.8 Å². The Morgan fingerprint density at radius 2 is 1.50 bits per heavy atom. The van der Waals surface area contributed by atoms with Crippen molar-refractivity contribution in [2.75, 3.05) is 11.0 Å². The van der Waals surface area contributed by atoms with Gasteiger partial charge in [-0.05, 0) is 41.8 Å². The number of nitrogens with one attached hydrogen (secondary N) is 1. The number of halogens is 1. The molecule has 0 atom stereocenters. The van der Waals surface area contributed by atoms with E-state index in [1.165, 1.54) is 12.1 Å². The van der Waals surface area contributed by atoms with Crippen LogP contribution in [-0.4, -0.2) is 23.1 Å². The minimum absolute atomic E-state index is 0.0551. The summed E-state index contributed by atoms with van der Waals surface area (Å²) in [6.07, 6.45) is 1.55. The van der Waals surface area contributed by atoms with E-state index in [4.69, 9.17) is 11.6 Å². The van der Waals surface area contributed by atoms with Crippen molar-refractivity contribution in [2.45, 2.75) is 16.2 Å². The zero-order valence-corrected chi connectivity index (χ0v) is 17.4. The molecule has 0 saturated carbocycles. The van der Waals surface area contributed by atoms with E-state index in [0.717, 1.165) is 23.4 Å². The molecular formula is C20H18ClNO4S2. The van der Waals surface area contributed by atoms with Gasteiger partial charge in [-0.3, -0.25) is 4.72 Å². The van der Waals surface area contributed by atoms with E-state index in [-0.39, 0.29) is 14.8 Å². The maximum Gasteiger partial charge on any atom is 0.263 e. The van der Waals surface area contributed by atoms with Crippen LogP contribution in [0.5, 0.6) is 0 Å². The molecule has 0 aromatic heterocycles. The lowest BCUT2D eigenvalue weighted by atomic mass is 10.0. The Morgan fingerprint density at radius 1 is 0.857 bits per heavy atom. The van der Waals surface area contributed by atoms with Gasteiger partial charge < -0.3 is 0 Å². The average molecular weight is 436 g/mol. The molecule has 0 amide bonds. The van der Waals surface area contributed by atoms with Crippen molar-refractivity contribution in [1.82, 2.24) is 0 Å². The standard InChI is InChI=1S/C20H18ClNO4S2/c1-27(23,24)17-11-12-18(21)20(14-17)28(25,26)22-19-10-6-5-9-16(19)13-15-7-3-2-4-8-15/h2-12,14,22H,13H2,1H3. The van der Waals surface area contributed by atoms with Gasteiger partial charge in [-0.1, -0.05) is 60.1 Å². The maximum absolute atomic E-state index is 12.9. The zero-order valence-electron chi connectivity index (χ0n) is 15.0. The molecular weight excluding hydrogens is 418 g/mol. The highest BCUT2D eigenvalue weighted by Gasteiger charge is 2.22. The van der Waals surface area contributed by atoms with Crippen LogP contribution in [0.2, 0.25) is 5.02 Å². The summed E-state index contributed by atoms with van der Waals surface area (Å²) in [5.41, 5.74) is 2.23. The lowest BCUT2D eigenvalue weighted by Crippen LogP contribution is -2.15. The third-order valence-electron chi connectivity index (χ3n) is 4.12. The van der Waals surface area contributed by atoms with Crippen LogP contribution in [0, 0.1) is 0 Å². The summed E-state index contributed by atoms with van der Waals surface area (Å²) in [6.45, 7) is 0. The number of hydrogen-bond acceptors (Lipinski definition) is 4. The Morgan fingerprint density at radius 3 is 2.18 bits per heavy atom. The average Bonchev–Trinajstić information content (AvgIpc) is 2.63. The summed E-state index contributed by atoms with van der Waals surface area (Å²) < 4.78 is 51.9. The number of anilines is 1. The van der Waals surface area contributed by atoms with Crippen molar-refractivity contribution in [1.29, 1.82) is 0 Å². The van der Waals surface area contributed by atoms with Gasteiger partial charge in [-0.25, -0.2) is 16.8 Å². The molecule has 0 fully saturated rings. The quantitative estimate of drug-likeness (QED) is 0.631. The van der Waals surface area contributed by atoms with Crippen molar-refractivity contribution in [3.63, 3.8) is 0 Å². The van der Waals surface area contributed by atoms with E-state index in [1.807, 2.05) is 42.5 Å². The Hall–Kier alpha value is -2.35.